The summed E-state index contributed by atoms with van der Waals surface area (Å²) in [5.74, 6) is 1.79. The largest absolute Gasteiger partial charge is 0.454 e. The zero-order valence-corrected chi connectivity index (χ0v) is 34.6. The third-order valence-electron chi connectivity index (χ3n) is 12.1. The second-order valence-corrected chi connectivity index (χ2v) is 16.0. The normalized spacial score (nSPS) is 11.4. The van der Waals surface area contributed by atoms with E-state index in [1.54, 1.807) is 0 Å². The van der Waals surface area contributed by atoms with Crippen molar-refractivity contribution >= 4 is 60.5 Å². The molecule has 0 bridgehead atoms. The van der Waals surface area contributed by atoms with Crippen LogP contribution >= 0.6 is 0 Å². The third kappa shape index (κ3) is 6.64. The molecule has 0 aliphatic heterocycles. The second-order valence-electron chi connectivity index (χ2n) is 16.0. The first kappa shape index (κ1) is 37.1. The van der Waals surface area contributed by atoms with Crippen molar-refractivity contribution in [1.29, 1.82) is 0 Å². The average molecular weight is 819 g/mol. The van der Waals surface area contributed by atoms with E-state index in [0.29, 0.717) is 17.5 Å². The van der Waals surface area contributed by atoms with E-state index >= 15 is 0 Å². The summed E-state index contributed by atoms with van der Waals surface area (Å²) in [5, 5.41) is 6.52. The maximum absolute atomic E-state index is 7.18. The average Bonchev–Trinajstić information content (AvgIpc) is 3.74. The van der Waals surface area contributed by atoms with Gasteiger partial charge in [-0.05, 0) is 75.3 Å². The molecule has 64 heavy (non-hydrogen) atoms. The molecule has 0 spiro atoms. The molecule has 5 nitrogen and oxygen atoms in total. The molecular weight excluding hydrogens is 781 g/mol. The fraction of sp³-hybridized carbons (Fsp3) is 0. The molecule has 0 aliphatic carbocycles. The summed E-state index contributed by atoms with van der Waals surface area (Å²) >= 11 is 0. The van der Waals surface area contributed by atoms with Crippen molar-refractivity contribution in [3.05, 3.63) is 231 Å². The third-order valence-corrected chi connectivity index (χ3v) is 12.1. The first-order valence-electron chi connectivity index (χ1n) is 21.5. The Bertz CT molecular complexity index is 3660. The van der Waals surface area contributed by atoms with Crippen LogP contribution in [0.15, 0.2) is 235 Å². The van der Waals surface area contributed by atoms with Gasteiger partial charge in [0.25, 0.3) is 0 Å². The zero-order chi connectivity index (χ0) is 42.4. The van der Waals surface area contributed by atoms with Crippen LogP contribution in [0.1, 0.15) is 0 Å². The Labute approximate surface area is 370 Å². The lowest BCUT2D eigenvalue weighted by molar-refractivity contribution is 0.669. The maximum atomic E-state index is 7.18. The molecule has 300 valence electrons. The molecule has 5 heteroatoms. The van der Waals surface area contributed by atoms with Crippen LogP contribution in [0.5, 0.6) is 0 Å². The number of hydrogen-bond donors (Lipinski definition) is 0. The van der Waals surface area contributed by atoms with E-state index in [-0.39, 0.29) is 0 Å². The van der Waals surface area contributed by atoms with Crippen LogP contribution in [0.3, 0.4) is 0 Å². The Balaban J connectivity index is 1.07. The molecule has 10 aromatic carbocycles. The molecule has 0 atom stereocenters. The van der Waals surface area contributed by atoms with Crippen molar-refractivity contribution in [2.75, 3.05) is 4.90 Å². The van der Waals surface area contributed by atoms with Crippen LogP contribution in [0.4, 0.5) is 17.1 Å². The first-order chi connectivity index (χ1) is 31.7. The zero-order valence-electron chi connectivity index (χ0n) is 34.6. The standard InChI is InChI=1S/C59H38N4O/c1-4-16-39(17-5-1)41-30-33-48(34-31-41)63(53-27-15-14-25-49(53)42-19-6-2-7-20-42)55-50-26-13-12-24-45(50)37-52-51-35-32-47(38-54(51)64-56(52)55)59-61-57(43-21-8-3-9-22-43)60-58(62-59)46-29-28-40-18-10-11-23-44(40)36-46/h1-38H. The maximum Gasteiger partial charge on any atom is 0.164 e. The van der Waals surface area contributed by atoms with Gasteiger partial charge in [0, 0.05) is 44.1 Å². The number of anilines is 3. The van der Waals surface area contributed by atoms with Crippen LogP contribution < -0.4 is 4.90 Å². The highest BCUT2D eigenvalue weighted by Gasteiger charge is 2.25. The summed E-state index contributed by atoms with van der Waals surface area (Å²) in [7, 11) is 0. The molecule has 0 fully saturated rings. The Morgan fingerprint density at radius 1 is 0.328 bits per heavy atom. The summed E-state index contributed by atoms with van der Waals surface area (Å²) in [6.45, 7) is 0. The minimum Gasteiger partial charge on any atom is -0.454 e. The second kappa shape index (κ2) is 15.7. The molecule has 0 unspecified atom stereocenters. The van der Waals surface area contributed by atoms with Gasteiger partial charge in [-0.2, -0.15) is 0 Å². The smallest absolute Gasteiger partial charge is 0.164 e. The van der Waals surface area contributed by atoms with Gasteiger partial charge in [0.05, 0.1) is 11.4 Å². The fourth-order valence-electron chi connectivity index (χ4n) is 8.94. The lowest BCUT2D eigenvalue weighted by Crippen LogP contribution is -2.12. The van der Waals surface area contributed by atoms with Gasteiger partial charge in [0.2, 0.25) is 0 Å². The summed E-state index contributed by atoms with van der Waals surface area (Å²) < 4.78 is 7.18. The van der Waals surface area contributed by atoms with E-state index in [9.17, 15) is 0 Å². The number of benzene rings is 10. The predicted octanol–water partition coefficient (Wildman–Crippen LogP) is 15.9. The Kier molecular flexibility index (Phi) is 9.08. The first-order valence-corrected chi connectivity index (χ1v) is 21.5. The van der Waals surface area contributed by atoms with Gasteiger partial charge < -0.3 is 9.32 Å². The molecule has 12 rings (SSSR count). The van der Waals surface area contributed by atoms with E-state index in [4.69, 9.17) is 19.4 Å². The summed E-state index contributed by atoms with van der Waals surface area (Å²) in [5.41, 5.74) is 11.8. The summed E-state index contributed by atoms with van der Waals surface area (Å²) in [6, 6.07) is 80.6. The van der Waals surface area contributed by atoms with Gasteiger partial charge in [0.15, 0.2) is 23.1 Å². The Morgan fingerprint density at radius 3 is 1.59 bits per heavy atom. The van der Waals surface area contributed by atoms with Crippen molar-refractivity contribution in [3.8, 4) is 56.4 Å². The molecule has 0 radical (unpaired) electrons. The number of rotatable bonds is 8. The van der Waals surface area contributed by atoms with Gasteiger partial charge in [-0.15, -0.1) is 0 Å². The van der Waals surface area contributed by atoms with Crippen molar-refractivity contribution in [2.45, 2.75) is 0 Å². The molecule has 0 saturated heterocycles. The number of fused-ring (bicyclic) bond motifs is 5. The highest BCUT2D eigenvalue weighted by atomic mass is 16.3. The van der Waals surface area contributed by atoms with Gasteiger partial charge in [0.1, 0.15) is 5.58 Å². The lowest BCUT2D eigenvalue weighted by atomic mass is 9.98. The monoisotopic (exact) mass is 818 g/mol. The van der Waals surface area contributed by atoms with Gasteiger partial charge in [-0.25, -0.2) is 15.0 Å². The summed E-state index contributed by atoms with van der Waals surface area (Å²) in [6.07, 6.45) is 0. The van der Waals surface area contributed by atoms with Crippen molar-refractivity contribution in [3.63, 3.8) is 0 Å². The van der Waals surface area contributed by atoms with E-state index in [0.717, 1.165) is 93.9 Å². The summed E-state index contributed by atoms with van der Waals surface area (Å²) in [4.78, 5) is 17.6. The van der Waals surface area contributed by atoms with Gasteiger partial charge in [-0.1, -0.05) is 188 Å². The number of para-hydroxylation sites is 1. The van der Waals surface area contributed by atoms with Crippen LogP contribution in [-0.4, -0.2) is 15.0 Å². The van der Waals surface area contributed by atoms with E-state index in [2.05, 4.69) is 205 Å². The molecule has 2 aromatic heterocycles. The highest BCUT2D eigenvalue weighted by molar-refractivity contribution is 6.20. The number of aromatic nitrogens is 3. The number of nitrogens with zero attached hydrogens (tertiary/aromatic N) is 4. The Hall–Kier alpha value is -8.67. The number of hydrogen-bond acceptors (Lipinski definition) is 5. The van der Waals surface area contributed by atoms with E-state index in [1.165, 1.54) is 5.56 Å². The van der Waals surface area contributed by atoms with Gasteiger partial charge in [-0.3, -0.25) is 0 Å². The molecule has 12 aromatic rings. The van der Waals surface area contributed by atoms with E-state index in [1.807, 2.05) is 30.3 Å². The molecular formula is C59H38N4O. The highest BCUT2D eigenvalue weighted by Crippen LogP contribution is 2.49. The van der Waals surface area contributed by atoms with Crippen molar-refractivity contribution < 1.29 is 4.42 Å². The minimum absolute atomic E-state index is 0.571. The minimum atomic E-state index is 0.571. The van der Waals surface area contributed by atoms with E-state index < -0.39 is 0 Å². The lowest BCUT2D eigenvalue weighted by Gasteiger charge is -2.29. The molecule has 0 amide bonds. The quantitative estimate of drug-likeness (QED) is 0.153. The predicted molar refractivity (Wildman–Crippen MR) is 264 cm³/mol. The van der Waals surface area contributed by atoms with Crippen LogP contribution in [0.25, 0.3) is 99.9 Å². The topological polar surface area (TPSA) is 55.1 Å². The number of furan rings is 1. The van der Waals surface area contributed by atoms with Crippen molar-refractivity contribution in [1.82, 2.24) is 15.0 Å². The van der Waals surface area contributed by atoms with Crippen molar-refractivity contribution in [2.24, 2.45) is 0 Å². The molecule has 0 N–H and O–H groups in total. The Morgan fingerprint density at radius 2 is 0.859 bits per heavy atom. The van der Waals surface area contributed by atoms with Crippen LogP contribution in [0.2, 0.25) is 0 Å². The van der Waals surface area contributed by atoms with Crippen LogP contribution in [-0.2, 0) is 0 Å². The molecule has 0 saturated carbocycles. The van der Waals surface area contributed by atoms with Gasteiger partial charge >= 0.3 is 0 Å². The molecule has 2 heterocycles. The SMILES string of the molecule is c1ccc(-c2ccc(N(c3ccccc3-c3ccccc3)c3c4ccccc4cc4c3oc3cc(-c5nc(-c6ccccc6)nc(-c6ccc7ccccc7c6)n5)ccc34)cc2)cc1. The molecule has 0 aliphatic rings. The fourth-order valence-corrected chi connectivity index (χ4v) is 8.94. The van der Waals surface area contributed by atoms with Crippen LogP contribution in [0, 0.1) is 0 Å².